The highest BCUT2D eigenvalue weighted by Crippen LogP contribution is 2.16. The molecule has 2 aromatic heterocycles. The van der Waals surface area contributed by atoms with Crippen molar-refractivity contribution < 1.29 is 14.3 Å². The Balaban J connectivity index is 1.97. The number of hydrogen-bond acceptors (Lipinski definition) is 6. The lowest BCUT2D eigenvalue weighted by atomic mass is 9.99. The van der Waals surface area contributed by atoms with Gasteiger partial charge in [-0.05, 0) is 52.2 Å². The van der Waals surface area contributed by atoms with Crippen molar-refractivity contribution in [3.63, 3.8) is 0 Å². The Bertz CT molecular complexity index is 1010. The molecule has 2 N–H and O–H groups in total. The minimum atomic E-state index is -0.981. The summed E-state index contributed by atoms with van der Waals surface area (Å²) >= 11 is 0. The summed E-state index contributed by atoms with van der Waals surface area (Å²) in [7, 11) is 0. The van der Waals surface area contributed by atoms with Crippen LogP contribution in [0.5, 0.6) is 0 Å². The third-order valence-electron chi connectivity index (χ3n) is 4.59. The maximum absolute atomic E-state index is 12.3. The number of carbonyl (C=O) groups excluding carboxylic acids is 2. The van der Waals surface area contributed by atoms with Crippen LogP contribution in [0.15, 0.2) is 17.1 Å². The average molecular weight is 399 g/mol. The average Bonchev–Trinajstić information content (AvgIpc) is 3.09. The lowest BCUT2D eigenvalue weighted by Crippen LogP contribution is -2.31. The van der Waals surface area contributed by atoms with Crippen LogP contribution in [0.2, 0.25) is 0 Å². The summed E-state index contributed by atoms with van der Waals surface area (Å²) in [4.78, 5) is 38.9. The van der Waals surface area contributed by atoms with E-state index in [4.69, 9.17) is 10.00 Å². The summed E-state index contributed by atoms with van der Waals surface area (Å²) in [5.41, 5.74) is 1.46. The summed E-state index contributed by atoms with van der Waals surface area (Å²) < 4.78 is 6.88. The van der Waals surface area contributed by atoms with Crippen molar-refractivity contribution in [1.82, 2.24) is 14.8 Å². The van der Waals surface area contributed by atoms with E-state index in [2.05, 4.69) is 15.4 Å². The largest absolute Gasteiger partial charge is 0.453 e. The maximum Gasteiger partial charge on any atom is 0.306 e. The van der Waals surface area contributed by atoms with Gasteiger partial charge in [-0.15, -0.1) is 0 Å². The summed E-state index contributed by atoms with van der Waals surface area (Å²) in [6, 6.07) is 3.62. The molecule has 2 heterocycles. The minimum absolute atomic E-state index is 0.0140. The van der Waals surface area contributed by atoms with E-state index in [1.807, 2.05) is 19.9 Å². The number of nitriles is 1. The van der Waals surface area contributed by atoms with Crippen LogP contribution in [0.4, 0.5) is 5.82 Å². The monoisotopic (exact) mass is 399 g/mol. The van der Waals surface area contributed by atoms with Gasteiger partial charge in [0, 0.05) is 24.2 Å². The summed E-state index contributed by atoms with van der Waals surface area (Å²) in [5, 5.41) is 16.0. The lowest BCUT2D eigenvalue weighted by molar-refractivity contribution is -0.153. The zero-order valence-electron chi connectivity index (χ0n) is 17.2. The molecule has 2 rings (SSSR count). The molecule has 0 spiro atoms. The van der Waals surface area contributed by atoms with Crippen molar-refractivity contribution in [1.29, 1.82) is 5.26 Å². The van der Waals surface area contributed by atoms with Gasteiger partial charge in [0.15, 0.2) is 6.10 Å². The van der Waals surface area contributed by atoms with Gasteiger partial charge in [0.1, 0.15) is 17.5 Å². The molecule has 0 aliphatic heterocycles. The molecule has 0 bridgehead atoms. The predicted octanol–water partition coefficient (Wildman–Crippen LogP) is 2.14. The van der Waals surface area contributed by atoms with E-state index in [-0.39, 0.29) is 24.4 Å². The van der Waals surface area contributed by atoms with Crippen LogP contribution in [0, 0.1) is 25.2 Å². The van der Waals surface area contributed by atoms with Gasteiger partial charge < -0.3 is 15.0 Å². The normalized spacial score (nSPS) is 11.8. The number of esters is 1. The van der Waals surface area contributed by atoms with E-state index in [1.54, 1.807) is 30.8 Å². The van der Waals surface area contributed by atoms with Gasteiger partial charge in [-0.2, -0.15) is 10.4 Å². The number of amides is 1. The number of carbonyl (C=O) groups is 2. The van der Waals surface area contributed by atoms with Crippen LogP contribution in [-0.4, -0.2) is 32.7 Å². The molecule has 1 amide bonds. The molecule has 0 fully saturated rings. The van der Waals surface area contributed by atoms with E-state index in [0.29, 0.717) is 17.1 Å². The van der Waals surface area contributed by atoms with Gasteiger partial charge in [-0.3, -0.25) is 14.4 Å². The molecule has 0 unspecified atom stereocenters. The zero-order chi connectivity index (χ0) is 21.7. The molecule has 0 radical (unpaired) electrons. The molecule has 154 valence electrons. The van der Waals surface area contributed by atoms with E-state index >= 15 is 0 Å². The molecular weight excluding hydrogens is 374 g/mol. The SMILES string of the molecule is Cc1[nH]c(=O)c(C#N)c(C)c1CCC(=O)O[C@@H](C)C(=O)Nc1ccnn1C(C)C. The second kappa shape index (κ2) is 9.19. The number of hydrogen-bond donors (Lipinski definition) is 2. The second-order valence-corrected chi connectivity index (χ2v) is 7.05. The number of nitrogens with zero attached hydrogens (tertiary/aromatic N) is 3. The molecule has 1 atom stereocenters. The zero-order valence-corrected chi connectivity index (χ0v) is 17.2. The van der Waals surface area contributed by atoms with Gasteiger partial charge in [-0.1, -0.05) is 0 Å². The van der Waals surface area contributed by atoms with Crippen LogP contribution < -0.4 is 10.9 Å². The Labute approximate surface area is 168 Å². The summed E-state index contributed by atoms with van der Waals surface area (Å²) in [6.07, 6.45) is 0.901. The molecule has 0 aliphatic carbocycles. The Morgan fingerprint density at radius 3 is 2.66 bits per heavy atom. The van der Waals surface area contributed by atoms with Crippen LogP contribution >= 0.6 is 0 Å². The van der Waals surface area contributed by atoms with E-state index < -0.39 is 23.5 Å². The van der Waals surface area contributed by atoms with Gasteiger partial charge in [0.25, 0.3) is 11.5 Å². The molecular formula is C20H25N5O4. The number of rotatable bonds is 7. The van der Waals surface area contributed by atoms with E-state index in [9.17, 15) is 14.4 Å². The summed E-state index contributed by atoms with van der Waals surface area (Å²) in [5.74, 6) is -0.478. The van der Waals surface area contributed by atoms with Gasteiger partial charge in [0.05, 0.1) is 6.20 Å². The fourth-order valence-corrected chi connectivity index (χ4v) is 3.01. The number of pyridine rings is 1. The molecule has 0 saturated heterocycles. The van der Waals surface area contributed by atoms with Crippen molar-refractivity contribution in [2.24, 2.45) is 0 Å². The van der Waals surface area contributed by atoms with E-state index in [1.165, 1.54) is 6.92 Å². The highest BCUT2D eigenvalue weighted by molar-refractivity contribution is 5.94. The van der Waals surface area contributed by atoms with Crippen LogP contribution in [0.25, 0.3) is 0 Å². The first-order valence-corrected chi connectivity index (χ1v) is 9.32. The van der Waals surface area contributed by atoms with Crippen molar-refractivity contribution in [2.75, 3.05) is 5.32 Å². The topological polar surface area (TPSA) is 130 Å². The summed E-state index contributed by atoms with van der Waals surface area (Å²) in [6.45, 7) is 8.75. The fraction of sp³-hybridized carbons (Fsp3) is 0.450. The van der Waals surface area contributed by atoms with Crippen LogP contribution in [-0.2, 0) is 20.7 Å². The predicted molar refractivity (Wildman–Crippen MR) is 106 cm³/mol. The number of aromatic nitrogens is 3. The van der Waals surface area contributed by atoms with Crippen LogP contribution in [0.1, 0.15) is 55.6 Å². The number of ether oxygens (including phenoxy) is 1. The molecule has 9 nitrogen and oxygen atoms in total. The Hall–Kier alpha value is -3.41. The highest BCUT2D eigenvalue weighted by Gasteiger charge is 2.20. The van der Waals surface area contributed by atoms with Crippen molar-refractivity contribution in [3.8, 4) is 6.07 Å². The minimum Gasteiger partial charge on any atom is -0.453 e. The molecule has 0 aromatic carbocycles. The maximum atomic E-state index is 12.3. The standard InChI is InChI=1S/C20H25N5O4/c1-11(2)25-17(8-9-22-25)24-19(27)14(5)29-18(26)7-6-15-12(3)16(10-21)20(28)23-13(15)4/h8-9,11,14H,6-7H2,1-5H3,(H,23,28)(H,24,27)/t14-/m0/s1. The highest BCUT2D eigenvalue weighted by atomic mass is 16.5. The van der Waals surface area contributed by atoms with Crippen molar-refractivity contribution >= 4 is 17.7 Å². The number of H-pyrrole nitrogens is 1. The molecule has 0 aliphatic rings. The van der Waals surface area contributed by atoms with Crippen LogP contribution in [0.3, 0.4) is 0 Å². The van der Waals surface area contributed by atoms with Gasteiger partial charge >= 0.3 is 5.97 Å². The van der Waals surface area contributed by atoms with Crippen molar-refractivity contribution in [3.05, 3.63) is 45.0 Å². The Morgan fingerprint density at radius 1 is 1.34 bits per heavy atom. The fourth-order valence-electron chi connectivity index (χ4n) is 3.01. The first-order valence-electron chi connectivity index (χ1n) is 9.32. The number of nitrogens with one attached hydrogen (secondary N) is 2. The molecule has 2 aromatic rings. The second-order valence-electron chi connectivity index (χ2n) is 7.05. The van der Waals surface area contributed by atoms with E-state index in [0.717, 1.165) is 5.56 Å². The molecule has 9 heteroatoms. The Morgan fingerprint density at radius 2 is 2.03 bits per heavy atom. The third kappa shape index (κ3) is 5.10. The number of aryl methyl sites for hydroxylation is 1. The first-order chi connectivity index (χ1) is 13.6. The molecule has 0 saturated carbocycles. The quantitative estimate of drug-likeness (QED) is 0.686. The number of anilines is 1. The number of aromatic amines is 1. The van der Waals surface area contributed by atoms with Gasteiger partial charge in [0.2, 0.25) is 0 Å². The van der Waals surface area contributed by atoms with Crippen molar-refractivity contribution in [2.45, 2.75) is 59.6 Å². The third-order valence-corrected chi connectivity index (χ3v) is 4.59. The first kappa shape index (κ1) is 21.9. The van der Waals surface area contributed by atoms with Gasteiger partial charge in [-0.25, -0.2) is 4.68 Å². The lowest BCUT2D eigenvalue weighted by Gasteiger charge is -2.16. The Kier molecular flexibility index (Phi) is 6.93. The smallest absolute Gasteiger partial charge is 0.306 e. The molecule has 29 heavy (non-hydrogen) atoms.